The summed E-state index contributed by atoms with van der Waals surface area (Å²) in [4.78, 5) is 39.0. The third-order valence-corrected chi connectivity index (χ3v) is 6.22. The number of benzene rings is 3. The molecule has 1 aliphatic heterocycles. The Bertz CT molecular complexity index is 1400. The Morgan fingerprint density at radius 2 is 1.51 bits per heavy atom. The highest BCUT2D eigenvalue weighted by Gasteiger charge is 2.36. The van der Waals surface area contributed by atoms with Gasteiger partial charge in [-0.25, -0.2) is 9.69 Å². The molecule has 0 aromatic heterocycles. The number of nitrogens with one attached hydrogen (secondary N) is 1. The fraction of sp³-hybridized carbons (Fsp3) is 0.258. The Kier molecular flexibility index (Phi) is 8.04. The number of carbonyl (C=O) groups excluding carboxylic acids is 3. The molecule has 0 radical (unpaired) electrons. The van der Waals surface area contributed by atoms with Crippen LogP contribution in [0.15, 0.2) is 72.3 Å². The summed E-state index contributed by atoms with van der Waals surface area (Å²) in [5, 5.41) is 2.23. The fourth-order valence-corrected chi connectivity index (χ4v) is 4.01. The third-order valence-electron chi connectivity index (χ3n) is 6.22. The molecule has 0 saturated carbocycles. The molecular formula is C31H32N2O6. The molecule has 0 spiro atoms. The summed E-state index contributed by atoms with van der Waals surface area (Å²) in [7, 11) is 1.50. The molecule has 39 heavy (non-hydrogen) atoms. The summed E-state index contributed by atoms with van der Waals surface area (Å²) < 4.78 is 17.1. The van der Waals surface area contributed by atoms with Gasteiger partial charge < -0.3 is 14.2 Å². The van der Waals surface area contributed by atoms with Crippen LogP contribution in [0.3, 0.4) is 0 Å². The first-order valence-electron chi connectivity index (χ1n) is 12.6. The quantitative estimate of drug-likeness (QED) is 0.238. The van der Waals surface area contributed by atoms with Crippen molar-refractivity contribution in [3.05, 3.63) is 89.0 Å². The smallest absolute Gasteiger partial charge is 0.335 e. The summed E-state index contributed by atoms with van der Waals surface area (Å²) in [6.07, 6.45) is 1.42. The van der Waals surface area contributed by atoms with Gasteiger partial charge in [0.2, 0.25) is 0 Å². The predicted octanol–water partition coefficient (Wildman–Crippen LogP) is 5.43. The van der Waals surface area contributed by atoms with Crippen molar-refractivity contribution in [2.24, 2.45) is 0 Å². The maximum absolute atomic E-state index is 13.1. The second-order valence-corrected chi connectivity index (χ2v) is 10.2. The van der Waals surface area contributed by atoms with Crippen LogP contribution in [0.5, 0.6) is 17.2 Å². The standard InChI is InChI=1S/C31H32N2O6/c1-20-6-11-23(12-7-20)33-29(35)25(28(34)32-30(33)36)18-21-8-15-26(27(19-21)37-5)39-17-16-38-24-13-9-22(10-14-24)31(2,3)4/h6-15,18-19H,16-17H2,1-5H3,(H,32,34,36). The number of amides is 4. The van der Waals surface area contributed by atoms with Crippen LogP contribution in [-0.2, 0) is 15.0 Å². The van der Waals surface area contributed by atoms with E-state index in [2.05, 4.69) is 38.2 Å². The maximum atomic E-state index is 13.1. The number of hydrogen-bond donors (Lipinski definition) is 1. The van der Waals surface area contributed by atoms with Crippen molar-refractivity contribution in [1.29, 1.82) is 0 Å². The minimum atomic E-state index is -0.792. The van der Waals surface area contributed by atoms with Crippen molar-refractivity contribution in [3.63, 3.8) is 0 Å². The Balaban J connectivity index is 1.43. The van der Waals surface area contributed by atoms with E-state index < -0.39 is 17.8 Å². The summed E-state index contributed by atoms with van der Waals surface area (Å²) >= 11 is 0. The Morgan fingerprint density at radius 3 is 2.15 bits per heavy atom. The number of imide groups is 2. The summed E-state index contributed by atoms with van der Waals surface area (Å²) in [6.45, 7) is 9.00. The molecular weight excluding hydrogens is 496 g/mol. The summed E-state index contributed by atoms with van der Waals surface area (Å²) in [5.74, 6) is 0.199. The molecule has 1 N–H and O–H groups in total. The third kappa shape index (κ3) is 6.46. The van der Waals surface area contributed by atoms with Crippen molar-refractivity contribution in [3.8, 4) is 17.2 Å². The van der Waals surface area contributed by atoms with Crippen LogP contribution in [0.25, 0.3) is 6.08 Å². The first-order chi connectivity index (χ1) is 18.6. The highest BCUT2D eigenvalue weighted by molar-refractivity contribution is 6.39. The molecule has 1 fully saturated rings. The van der Waals surface area contributed by atoms with E-state index in [1.54, 1.807) is 42.5 Å². The lowest BCUT2D eigenvalue weighted by Crippen LogP contribution is -2.54. The number of aryl methyl sites for hydroxylation is 1. The number of rotatable bonds is 8. The lowest BCUT2D eigenvalue weighted by atomic mass is 9.87. The maximum Gasteiger partial charge on any atom is 0.335 e. The number of anilines is 1. The van der Waals surface area contributed by atoms with Gasteiger partial charge in [0.15, 0.2) is 11.5 Å². The molecule has 8 nitrogen and oxygen atoms in total. The second-order valence-electron chi connectivity index (χ2n) is 10.2. The molecule has 3 aromatic carbocycles. The lowest BCUT2D eigenvalue weighted by Gasteiger charge is -2.26. The van der Waals surface area contributed by atoms with E-state index in [0.29, 0.717) is 29.4 Å². The molecule has 4 amide bonds. The van der Waals surface area contributed by atoms with Crippen molar-refractivity contribution in [2.75, 3.05) is 25.2 Å². The number of methoxy groups -OCH3 is 1. The van der Waals surface area contributed by atoms with E-state index in [0.717, 1.165) is 16.2 Å². The number of urea groups is 1. The zero-order valence-electron chi connectivity index (χ0n) is 22.7. The fourth-order valence-electron chi connectivity index (χ4n) is 4.01. The van der Waals surface area contributed by atoms with Crippen LogP contribution < -0.4 is 24.4 Å². The Labute approximate surface area is 228 Å². The second kappa shape index (κ2) is 11.4. The number of barbiturate groups is 1. The highest BCUT2D eigenvalue weighted by atomic mass is 16.5. The molecule has 0 unspecified atom stereocenters. The van der Waals surface area contributed by atoms with Gasteiger partial charge in [0.1, 0.15) is 24.5 Å². The average Bonchev–Trinajstić information content (AvgIpc) is 2.90. The molecule has 4 rings (SSSR count). The van der Waals surface area contributed by atoms with E-state index in [9.17, 15) is 14.4 Å². The van der Waals surface area contributed by atoms with Crippen molar-refractivity contribution >= 4 is 29.6 Å². The molecule has 1 aliphatic rings. The van der Waals surface area contributed by atoms with Crippen molar-refractivity contribution < 1.29 is 28.6 Å². The number of carbonyl (C=O) groups is 3. The van der Waals surface area contributed by atoms with Crippen LogP contribution in [0.2, 0.25) is 0 Å². The Morgan fingerprint density at radius 1 is 0.846 bits per heavy atom. The predicted molar refractivity (Wildman–Crippen MR) is 149 cm³/mol. The minimum Gasteiger partial charge on any atom is -0.493 e. The van der Waals surface area contributed by atoms with Gasteiger partial charge in [-0.1, -0.05) is 56.7 Å². The lowest BCUT2D eigenvalue weighted by molar-refractivity contribution is -0.122. The number of hydrogen-bond acceptors (Lipinski definition) is 6. The first-order valence-corrected chi connectivity index (χ1v) is 12.6. The van der Waals surface area contributed by atoms with E-state index in [1.807, 2.05) is 19.1 Å². The topological polar surface area (TPSA) is 94.2 Å². The SMILES string of the molecule is COc1cc(C=C2C(=O)NC(=O)N(c3ccc(C)cc3)C2=O)ccc1OCCOc1ccc(C(C)(C)C)cc1. The van der Waals surface area contributed by atoms with Gasteiger partial charge in [-0.3, -0.25) is 14.9 Å². The van der Waals surface area contributed by atoms with Crippen molar-refractivity contribution in [1.82, 2.24) is 5.32 Å². The molecule has 0 atom stereocenters. The molecule has 1 heterocycles. The zero-order chi connectivity index (χ0) is 28.2. The number of ether oxygens (including phenoxy) is 3. The largest absolute Gasteiger partial charge is 0.493 e. The Hall–Kier alpha value is -4.59. The van der Waals surface area contributed by atoms with E-state index >= 15 is 0 Å². The minimum absolute atomic E-state index is 0.0757. The molecule has 0 bridgehead atoms. The normalized spacial score (nSPS) is 14.8. The molecule has 3 aromatic rings. The average molecular weight is 529 g/mol. The van der Waals surface area contributed by atoms with Gasteiger partial charge in [-0.05, 0) is 65.9 Å². The molecule has 202 valence electrons. The van der Waals surface area contributed by atoms with Gasteiger partial charge in [0.05, 0.1) is 12.8 Å². The van der Waals surface area contributed by atoms with Crippen LogP contribution in [-0.4, -0.2) is 38.2 Å². The van der Waals surface area contributed by atoms with Gasteiger partial charge in [0.25, 0.3) is 11.8 Å². The molecule has 1 saturated heterocycles. The molecule has 8 heteroatoms. The monoisotopic (exact) mass is 528 g/mol. The van der Waals surface area contributed by atoms with Crippen LogP contribution in [0.1, 0.15) is 37.5 Å². The number of nitrogens with zero attached hydrogens (tertiary/aromatic N) is 1. The van der Waals surface area contributed by atoms with Crippen LogP contribution in [0, 0.1) is 6.92 Å². The first kappa shape index (κ1) is 27.4. The van der Waals surface area contributed by atoms with Gasteiger partial charge >= 0.3 is 6.03 Å². The van der Waals surface area contributed by atoms with Gasteiger partial charge in [-0.15, -0.1) is 0 Å². The zero-order valence-corrected chi connectivity index (χ0v) is 22.7. The van der Waals surface area contributed by atoms with E-state index in [4.69, 9.17) is 14.2 Å². The summed E-state index contributed by atoms with van der Waals surface area (Å²) in [5.41, 5.74) is 3.02. The summed E-state index contributed by atoms with van der Waals surface area (Å²) in [6, 6.07) is 19.1. The van der Waals surface area contributed by atoms with E-state index in [1.165, 1.54) is 18.7 Å². The van der Waals surface area contributed by atoms with E-state index in [-0.39, 0.29) is 17.6 Å². The van der Waals surface area contributed by atoms with Crippen LogP contribution >= 0.6 is 0 Å². The van der Waals surface area contributed by atoms with Crippen LogP contribution in [0.4, 0.5) is 10.5 Å². The van der Waals surface area contributed by atoms with Gasteiger partial charge in [-0.2, -0.15) is 0 Å². The van der Waals surface area contributed by atoms with Crippen molar-refractivity contribution in [2.45, 2.75) is 33.1 Å². The van der Waals surface area contributed by atoms with Gasteiger partial charge in [0, 0.05) is 0 Å². The molecule has 0 aliphatic carbocycles. The highest BCUT2D eigenvalue weighted by Crippen LogP contribution is 2.30.